The number of ether oxygens (including phenoxy) is 6. The van der Waals surface area contributed by atoms with Gasteiger partial charge in [0.1, 0.15) is 12.4 Å². The number of hydrogen-bond acceptors (Lipinski definition) is 8. The van der Waals surface area contributed by atoms with Gasteiger partial charge in [0, 0.05) is 32.1 Å². The molecule has 0 aromatic heterocycles. The third-order valence-electron chi connectivity index (χ3n) is 8.48. The number of aldehydes is 1. The zero-order chi connectivity index (χ0) is 25.3. The van der Waals surface area contributed by atoms with Crippen LogP contribution in [0.1, 0.15) is 80.1 Å². The van der Waals surface area contributed by atoms with E-state index in [1.165, 1.54) is 6.92 Å². The van der Waals surface area contributed by atoms with Crippen molar-refractivity contribution in [2.45, 2.75) is 135 Å². The highest BCUT2D eigenvalue weighted by Crippen LogP contribution is 2.43. The number of esters is 1. The van der Waals surface area contributed by atoms with Gasteiger partial charge in [0.05, 0.1) is 49.3 Å². The summed E-state index contributed by atoms with van der Waals surface area (Å²) in [5.74, 6) is -0.180. The maximum atomic E-state index is 12.1. The molecule has 0 radical (unpaired) electrons. The van der Waals surface area contributed by atoms with Crippen molar-refractivity contribution >= 4 is 12.3 Å². The number of fused-ring (bicyclic) bond motifs is 2. The first-order valence-electron chi connectivity index (χ1n) is 13.5. The van der Waals surface area contributed by atoms with Crippen LogP contribution in [0.25, 0.3) is 0 Å². The molecule has 0 N–H and O–H groups in total. The Morgan fingerprint density at radius 1 is 1.00 bits per heavy atom. The van der Waals surface area contributed by atoms with Crippen LogP contribution in [-0.4, -0.2) is 73.5 Å². The van der Waals surface area contributed by atoms with Gasteiger partial charge < -0.3 is 33.2 Å². The third kappa shape index (κ3) is 6.27. The normalized spacial score (nSPS) is 45.5. The first-order valence-corrected chi connectivity index (χ1v) is 13.5. The Kier molecular flexibility index (Phi) is 8.58. The molecule has 0 saturated carbocycles. The second kappa shape index (κ2) is 11.1. The molecule has 0 aliphatic carbocycles. The lowest BCUT2D eigenvalue weighted by molar-refractivity contribution is -0.297. The second-order valence-electron chi connectivity index (χ2n) is 11.6. The van der Waals surface area contributed by atoms with Gasteiger partial charge in [-0.15, -0.1) is 0 Å². The number of rotatable bonds is 6. The maximum Gasteiger partial charge on any atom is 0.303 e. The number of carbonyl (C=O) groups is 2. The van der Waals surface area contributed by atoms with Crippen LogP contribution in [0.3, 0.4) is 0 Å². The van der Waals surface area contributed by atoms with E-state index < -0.39 is 11.9 Å². The van der Waals surface area contributed by atoms with Gasteiger partial charge in [0.25, 0.3) is 0 Å². The number of carbonyl (C=O) groups excluding carboxylic acids is 2. The molecule has 0 aromatic carbocycles. The summed E-state index contributed by atoms with van der Waals surface area (Å²) in [5.41, 5.74) is 0. The standard InChI is InChI=1S/C27H44O8/c1-15-12-19(8-7-10-28)32-21(16(15)2)13-23-25(31-18(4)29)17(3)26-24(33-23)14-22-20(34-26)9-11-30-27(5,6)35-22/h10,15-17,19-26H,7-9,11-14H2,1-6H3/t15-,16+,17-,19+,20-,21?,22-,23+,24+,25-,26+/m1/s1. The van der Waals surface area contributed by atoms with Gasteiger partial charge in [-0.05, 0) is 44.9 Å². The topological polar surface area (TPSA) is 89.5 Å². The van der Waals surface area contributed by atoms with E-state index in [9.17, 15) is 9.59 Å². The average Bonchev–Trinajstić information content (AvgIpc) is 2.93. The molecule has 0 bridgehead atoms. The van der Waals surface area contributed by atoms with E-state index in [0.717, 1.165) is 32.0 Å². The molecular formula is C27H44O8. The fourth-order valence-electron chi connectivity index (χ4n) is 6.44. The average molecular weight is 497 g/mol. The minimum Gasteiger partial charge on any atom is -0.459 e. The fourth-order valence-corrected chi connectivity index (χ4v) is 6.44. The van der Waals surface area contributed by atoms with E-state index in [4.69, 9.17) is 28.4 Å². The highest BCUT2D eigenvalue weighted by Gasteiger charge is 2.53. The molecular weight excluding hydrogens is 452 g/mol. The minimum atomic E-state index is -0.659. The Bertz CT molecular complexity index is 741. The van der Waals surface area contributed by atoms with E-state index in [1.54, 1.807) is 0 Å². The molecule has 4 saturated heterocycles. The summed E-state index contributed by atoms with van der Waals surface area (Å²) in [5, 5.41) is 0. The molecule has 8 nitrogen and oxygen atoms in total. The van der Waals surface area contributed by atoms with Crippen molar-refractivity contribution in [1.29, 1.82) is 0 Å². The highest BCUT2D eigenvalue weighted by atomic mass is 16.7. The van der Waals surface area contributed by atoms with Crippen LogP contribution in [0.2, 0.25) is 0 Å². The zero-order valence-corrected chi connectivity index (χ0v) is 22.1. The molecule has 4 aliphatic rings. The summed E-state index contributed by atoms with van der Waals surface area (Å²) in [6, 6.07) is 0. The van der Waals surface area contributed by atoms with E-state index >= 15 is 0 Å². The molecule has 8 heteroatoms. The Morgan fingerprint density at radius 3 is 2.49 bits per heavy atom. The van der Waals surface area contributed by atoms with Crippen molar-refractivity contribution in [3.8, 4) is 0 Å². The molecule has 4 aliphatic heterocycles. The Balaban J connectivity index is 1.51. The van der Waals surface area contributed by atoms with Gasteiger partial charge in [-0.3, -0.25) is 4.79 Å². The van der Waals surface area contributed by atoms with Crippen LogP contribution < -0.4 is 0 Å². The largest absolute Gasteiger partial charge is 0.459 e. The smallest absolute Gasteiger partial charge is 0.303 e. The molecule has 4 rings (SSSR count). The van der Waals surface area contributed by atoms with Gasteiger partial charge in [0.2, 0.25) is 0 Å². The van der Waals surface area contributed by atoms with E-state index in [-0.39, 0.29) is 54.6 Å². The summed E-state index contributed by atoms with van der Waals surface area (Å²) in [7, 11) is 0. The lowest BCUT2D eigenvalue weighted by Gasteiger charge is -2.51. The van der Waals surface area contributed by atoms with Crippen LogP contribution in [0.15, 0.2) is 0 Å². The molecule has 0 amide bonds. The summed E-state index contributed by atoms with van der Waals surface area (Å²) >= 11 is 0. The van der Waals surface area contributed by atoms with Crippen LogP contribution in [-0.2, 0) is 38.0 Å². The molecule has 11 atom stereocenters. The van der Waals surface area contributed by atoms with Crippen molar-refractivity contribution in [2.24, 2.45) is 17.8 Å². The van der Waals surface area contributed by atoms with Crippen LogP contribution in [0.4, 0.5) is 0 Å². The quantitative estimate of drug-likeness (QED) is 0.405. The first kappa shape index (κ1) is 27.0. The van der Waals surface area contributed by atoms with Gasteiger partial charge in [-0.25, -0.2) is 0 Å². The fraction of sp³-hybridized carbons (Fsp3) is 0.926. The van der Waals surface area contributed by atoms with E-state index in [0.29, 0.717) is 31.3 Å². The van der Waals surface area contributed by atoms with Crippen LogP contribution in [0, 0.1) is 17.8 Å². The van der Waals surface area contributed by atoms with E-state index in [2.05, 4.69) is 20.8 Å². The van der Waals surface area contributed by atoms with Crippen molar-refractivity contribution in [3.63, 3.8) is 0 Å². The lowest BCUT2D eigenvalue weighted by Crippen LogP contribution is -2.62. The SMILES string of the molecule is CC(=O)O[C@@H]1[C@@H](C)[C@@H]2O[C@@H]3CCOC(C)(C)O[C@@H]3C[C@@H]2O[C@H]1CC1O[C@@H](CCC=O)C[C@@H](C)[C@@H]1C. The Labute approximate surface area is 209 Å². The minimum absolute atomic E-state index is 0.0250. The predicted octanol–water partition coefficient (Wildman–Crippen LogP) is 3.82. The monoisotopic (exact) mass is 496 g/mol. The molecule has 4 fully saturated rings. The highest BCUT2D eigenvalue weighted by molar-refractivity contribution is 5.66. The maximum absolute atomic E-state index is 12.1. The first-order chi connectivity index (χ1) is 16.6. The third-order valence-corrected chi connectivity index (χ3v) is 8.48. The van der Waals surface area contributed by atoms with Crippen molar-refractivity contribution < 1.29 is 38.0 Å². The van der Waals surface area contributed by atoms with Gasteiger partial charge in [-0.2, -0.15) is 0 Å². The molecule has 1 unspecified atom stereocenters. The van der Waals surface area contributed by atoms with Gasteiger partial charge >= 0.3 is 5.97 Å². The molecule has 35 heavy (non-hydrogen) atoms. The van der Waals surface area contributed by atoms with Crippen LogP contribution in [0.5, 0.6) is 0 Å². The van der Waals surface area contributed by atoms with Crippen molar-refractivity contribution in [1.82, 2.24) is 0 Å². The molecule has 4 heterocycles. The van der Waals surface area contributed by atoms with Gasteiger partial charge in [-0.1, -0.05) is 20.8 Å². The summed E-state index contributed by atoms with van der Waals surface area (Å²) < 4.78 is 37.7. The van der Waals surface area contributed by atoms with Gasteiger partial charge in [0.15, 0.2) is 5.79 Å². The Morgan fingerprint density at radius 2 is 1.77 bits per heavy atom. The van der Waals surface area contributed by atoms with E-state index in [1.807, 2.05) is 13.8 Å². The zero-order valence-electron chi connectivity index (χ0n) is 22.1. The number of hydrogen-bond donors (Lipinski definition) is 0. The molecule has 0 spiro atoms. The van der Waals surface area contributed by atoms with Crippen molar-refractivity contribution in [3.05, 3.63) is 0 Å². The Hall–Kier alpha value is -1.06. The summed E-state index contributed by atoms with van der Waals surface area (Å²) in [4.78, 5) is 23.0. The predicted molar refractivity (Wildman–Crippen MR) is 128 cm³/mol. The van der Waals surface area contributed by atoms with Crippen LogP contribution >= 0.6 is 0 Å². The lowest BCUT2D eigenvalue weighted by atomic mass is 9.77. The molecule has 200 valence electrons. The second-order valence-corrected chi connectivity index (χ2v) is 11.6. The molecule has 0 aromatic rings. The summed E-state index contributed by atoms with van der Waals surface area (Å²) in [6.45, 7) is 12.5. The van der Waals surface area contributed by atoms with Crippen molar-refractivity contribution in [2.75, 3.05) is 6.61 Å². The summed E-state index contributed by atoms with van der Waals surface area (Å²) in [6.07, 6.45) is 4.11.